The molecule has 0 spiro atoms. The van der Waals surface area contributed by atoms with Gasteiger partial charge < -0.3 is 0 Å². The van der Waals surface area contributed by atoms with E-state index < -0.39 is 0 Å². The molecular weight excluding hydrogens is 460 g/mol. The molecular formula is C36H32N2. The van der Waals surface area contributed by atoms with Crippen molar-refractivity contribution in [2.75, 3.05) is 0 Å². The average Bonchev–Trinajstić information content (AvgIpc) is 3.19. The van der Waals surface area contributed by atoms with Crippen LogP contribution in [0.3, 0.4) is 0 Å². The average molecular weight is 493 g/mol. The molecule has 2 aliphatic rings. The molecule has 5 aromatic rings. The molecule has 38 heavy (non-hydrogen) atoms. The Balaban J connectivity index is 1.44. The number of nitriles is 1. The molecule has 0 N–H and O–H groups in total. The fourth-order valence-electron chi connectivity index (χ4n) is 7.39. The Bertz CT molecular complexity index is 1800. The highest BCUT2D eigenvalue weighted by atomic mass is 14.7. The van der Waals surface area contributed by atoms with Crippen LogP contribution in [0, 0.1) is 18.3 Å². The zero-order valence-corrected chi connectivity index (χ0v) is 22.4. The minimum Gasteiger partial charge on any atom is -0.256 e. The number of nitrogens with zero attached hydrogens (tertiary/aromatic N) is 2. The van der Waals surface area contributed by atoms with Gasteiger partial charge in [-0.1, -0.05) is 81.1 Å². The Morgan fingerprint density at radius 3 is 2.42 bits per heavy atom. The molecule has 0 bridgehead atoms. The predicted molar refractivity (Wildman–Crippen MR) is 158 cm³/mol. The Labute approximate surface area is 225 Å². The summed E-state index contributed by atoms with van der Waals surface area (Å²) in [6, 6.07) is 26.9. The van der Waals surface area contributed by atoms with Crippen LogP contribution in [0.1, 0.15) is 79.7 Å². The first-order chi connectivity index (χ1) is 18.5. The quantitative estimate of drug-likeness (QED) is 0.230. The summed E-state index contributed by atoms with van der Waals surface area (Å²) in [5.41, 5.74) is 10.5. The van der Waals surface area contributed by atoms with Crippen molar-refractivity contribution in [2.45, 2.75) is 64.2 Å². The minimum atomic E-state index is -0.175. The van der Waals surface area contributed by atoms with E-state index in [4.69, 9.17) is 4.98 Å². The summed E-state index contributed by atoms with van der Waals surface area (Å²) in [7, 11) is 0. The molecule has 4 aromatic carbocycles. The van der Waals surface area contributed by atoms with Gasteiger partial charge in [0.15, 0.2) is 0 Å². The zero-order valence-electron chi connectivity index (χ0n) is 22.4. The fourth-order valence-corrected chi connectivity index (χ4v) is 7.39. The lowest BCUT2D eigenvalue weighted by Crippen LogP contribution is -2.15. The van der Waals surface area contributed by atoms with Crippen molar-refractivity contribution >= 4 is 21.5 Å². The van der Waals surface area contributed by atoms with E-state index in [0.717, 1.165) is 16.8 Å². The minimum absolute atomic E-state index is 0.175. The van der Waals surface area contributed by atoms with Gasteiger partial charge in [0, 0.05) is 28.1 Å². The van der Waals surface area contributed by atoms with Gasteiger partial charge in [-0.15, -0.1) is 0 Å². The Morgan fingerprint density at radius 2 is 1.61 bits per heavy atom. The van der Waals surface area contributed by atoms with Gasteiger partial charge in [0.05, 0.1) is 17.3 Å². The summed E-state index contributed by atoms with van der Waals surface area (Å²) in [4.78, 5) is 4.93. The van der Waals surface area contributed by atoms with Gasteiger partial charge in [-0.3, -0.25) is 4.98 Å². The van der Waals surface area contributed by atoms with Crippen molar-refractivity contribution in [3.63, 3.8) is 0 Å². The van der Waals surface area contributed by atoms with E-state index in [-0.39, 0.29) is 5.41 Å². The highest BCUT2D eigenvalue weighted by molar-refractivity contribution is 6.14. The highest BCUT2D eigenvalue weighted by Crippen LogP contribution is 2.53. The summed E-state index contributed by atoms with van der Waals surface area (Å²) in [5.74, 6) is 0.669. The maximum atomic E-state index is 9.86. The second-order valence-corrected chi connectivity index (χ2v) is 11.8. The number of fused-ring (bicyclic) bond motifs is 7. The van der Waals surface area contributed by atoms with E-state index in [9.17, 15) is 5.26 Å². The van der Waals surface area contributed by atoms with Gasteiger partial charge in [-0.05, 0) is 88.4 Å². The number of hydrogen-bond acceptors (Lipinski definition) is 2. The number of hydrogen-bond donors (Lipinski definition) is 0. The van der Waals surface area contributed by atoms with Crippen LogP contribution >= 0.6 is 0 Å². The SMILES string of the molecule is Cc1cc(-c2nccc3c2ccc2c4c(ccc23)-c2c(C#N)cccc2C4(C)C)cc(C2CCCCC2)c1. The maximum Gasteiger partial charge on any atom is 0.0998 e. The van der Waals surface area contributed by atoms with Crippen LogP contribution < -0.4 is 0 Å². The van der Waals surface area contributed by atoms with Crippen molar-refractivity contribution in [3.8, 4) is 28.5 Å². The van der Waals surface area contributed by atoms with E-state index in [2.05, 4.69) is 81.4 Å². The van der Waals surface area contributed by atoms with Crippen LogP contribution in [0.5, 0.6) is 0 Å². The summed E-state index contributed by atoms with van der Waals surface area (Å²) >= 11 is 0. The molecule has 0 radical (unpaired) electrons. The molecule has 7 rings (SSSR count). The molecule has 0 aliphatic heterocycles. The van der Waals surface area contributed by atoms with E-state index in [1.54, 1.807) is 0 Å². The van der Waals surface area contributed by atoms with Crippen LogP contribution in [-0.4, -0.2) is 4.98 Å². The normalized spacial score (nSPS) is 16.4. The summed E-state index contributed by atoms with van der Waals surface area (Å²) in [6.45, 7) is 6.80. The Morgan fingerprint density at radius 1 is 0.842 bits per heavy atom. The number of aryl methyl sites for hydroxylation is 1. The molecule has 186 valence electrons. The number of pyridine rings is 1. The van der Waals surface area contributed by atoms with Crippen LogP contribution in [0.15, 0.2) is 72.9 Å². The number of benzene rings is 4. The first-order valence-corrected chi connectivity index (χ1v) is 14.0. The Kier molecular flexibility index (Phi) is 5.21. The monoisotopic (exact) mass is 492 g/mol. The topological polar surface area (TPSA) is 36.7 Å². The smallest absolute Gasteiger partial charge is 0.0998 e. The number of rotatable bonds is 2. The van der Waals surface area contributed by atoms with Gasteiger partial charge in [-0.2, -0.15) is 5.26 Å². The van der Waals surface area contributed by atoms with E-state index in [1.807, 2.05) is 18.3 Å². The number of aromatic nitrogens is 1. The molecule has 1 saturated carbocycles. The van der Waals surface area contributed by atoms with Crippen molar-refractivity contribution in [1.29, 1.82) is 5.26 Å². The molecule has 1 aromatic heterocycles. The summed E-state index contributed by atoms with van der Waals surface area (Å²) in [5, 5.41) is 14.8. The predicted octanol–water partition coefficient (Wildman–Crippen LogP) is 9.59. The van der Waals surface area contributed by atoms with Crippen molar-refractivity contribution < 1.29 is 0 Å². The molecule has 2 heteroatoms. The second-order valence-electron chi connectivity index (χ2n) is 11.8. The Hall–Kier alpha value is -3.96. The molecule has 0 atom stereocenters. The van der Waals surface area contributed by atoms with Gasteiger partial charge >= 0.3 is 0 Å². The van der Waals surface area contributed by atoms with Crippen molar-refractivity contribution in [3.05, 3.63) is 101 Å². The lowest BCUT2D eigenvalue weighted by molar-refractivity contribution is 0.443. The summed E-state index contributed by atoms with van der Waals surface area (Å²) < 4.78 is 0. The van der Waals surface area contributed by atoms with Crippen LogP contribution in [0.4, 0.5) is 0 Å². The molecule has 1 fully saturated rings. The van der Waals surface area contributed by atoms with E-state index >= 15 is 0 Å². The summed E-state index contributed by atoms with van der Waals surface area (Å²) in [6.07, 6.45) is 8.62. The van der Waals surface area contributed by atoms with Gasteiger partial charge in [-0.25, -0.2) is 0 Å². The lowest BCUT2D eigenvalue weighted by Gasteiger charge is -2.24. The lowest BCUT2D eigenvalue weighted by atomic mass is 9.79. The molecule has 0 amide bonds. The molecule has 2 aliphatic carbocycles. The zero-order chi connectivity index (χ0) is 26.0. The third kappa shape index (κ3) is 3.35. The van der Waals surface area contributed by atoms with E-state index in [0.29, 0.717) is 5.92 Å². The standard InChI is InChI=1S/C36H32N2/c1-22-18-25(23-8-5-4-6-9-23)20-26(19-22)35-30-14-13-29-27(28(30)16-17-38-35)12-15-31-33-24(21-37)10-7-11-32(33)36(2,3)34(29)31/h7,10-20,23H,4-6,8-9H2,1-3H3. The maximum absolute atomic E-state index is 9.86. The van der Waals surface area contributed by atoms with Gasteiger partial charge in [0.1, 0.15) is 0 Å². The van der Waals surface area contributed by atoms with E-state index in [1.165, 1.54) is 87.0 Å². The van der Waals surface area contributed by atoms with Crippen LogP contribution in [0.2, 0.25) is 0 Å². The second kappa shape index (κ2) is 8.53. The molecule has 2 nitrogen and oxygen atoms in total. The van der Waals surface area contributed by atoms with Crippen LogP contribution in [-0.2, 0) is 5.41 Å². The third-order valence-electron chi connectivity index (χ3n) is 9.14. The fraction of sp³-hybridized carbons (Fsp3) is 0.278. The van der Waals surface area contributed by atoms with Gasteiger partial charge in [0.25, 0.3) is 0 Å². The third-order valence-corrected chi connectivity index (χ3v) is 9.14. The van der Waals surface area contributed by atoms with Crippen LogP contribution in [0.25, 0.3) is 43.9 Å². The highest BCUT2D eigenvalue weighted by Gasteiger charge is 2.38. The molecule has 0 unspecified atom stereocenters. The van der Waals surface area contributed by atoms with Crippen molar-refractivity contribution in [1.82, 2.24) is 4.98 Å². The van der Waals surface area contributed by atoms with Gasteiger partial charge in [0.2, 0.25) is 0 Å². The first kappa shape index (κ1) is 23.2. The molecule has 1 heterocycles. The van der Waals surface area contributed by atoms with Crippen molar-refractivity contribution in [2.24, 2.45) is 0 Å². The molecule has 0 saturated heterocycles. The first-order valence-electron chi connectivity index (χ1n) is 14.0. The largest absolute Gasteiger partial charge is 0.256 e.